The predicted molar refractivity (Wildman–Crippen MR) is 91.6 cm³/mol. The molecule has 0 saturated heterocycles. The van der Waals surface area contributed by atoms with Crippen LogP contribution in [-0.2, 0) is 4.79 Å². The molecule has 1 aromatic heterocycles. The second-order valence-electron chi connectivity index (χ2n) is 6.33. The average molecular weight is 346 g/mol. The van der Waals surface area contributed by atoms with E-state index in [-0.39, 0.29) is 23.5 Å². The second kappa shape index (κ2) is 5.81. The number of thiophene rings is 1. The summed E-state index contributed by atoms with van der Waals surface area (Å²) in [5.41, 5.74) is 0.530. The largest absolute Gasteiger partial charge is 0.423 e. The molecule has 1 aliphatic rings. The van der Waals surface area contributed by atoms with Gasteiger partial charge in [0.25, 0.3) is 0 Å². The summed E-state index contributed by atoms with van der Waals surface area (Å²) in [7, 11) is 0. The Morgan fingerprint density at radius 1 is 1.04 bits per heavy atom. The van der Waals surface area contributed by atoms with Crippen molar-refractivity contribution in [2.24, 2.45) is 5.92 Å². The molecule has 0 bridgehead atoms. The Kier molecular flexibility index (Phi) is 3.76. The van der Waals surface area contributed by atoms with Gasteiger partial charge in [0.15, 0.2) is 11.6 Å². The summed E-state index contributed by atoms with van der Waals surface area (Å²) in [5.74, 6) is -1.48. The molecule has 0 spiro atoms. The molecular formula is C19H16F2O2S. The van der Waals surface area contributed by atoms with Crippen LogP contribution in [0.15, 0.2) is 24.3 Å². The number of carbonyl (C=O) groups is 1. The van der Waals surface area contributed by atoms with Gasteiger partial charge in [0.05, 0.1) is 15.3 Å². The minimum atomic E-state index is -0.586. The van der Waals surface area contributed by atoms with Gasteiger partial charge in [-0.15, -0.1) is 11.3 Å². The zero-order chi connectivity index (χ0) is 16.8. The van der Waals surface area contributed by atoms with E-state index < -0.39 is 5.82 Å². The van der Waals surface area contributed by atoms with Gasteiger partial charge in [-0.25, -0.2) is 8.78 Å². The Labute approximate surface area is 142 Å². The van der Waals surface area contributed by atoms with Crippen molar-refractivity contribution in [1.29, 1.82) is 0 Å². The van der Waals surface area contributed by atoms with Gasteiger partial charge >= 0.3 is 5.97 Å². The molecule has 3 aromatic rings. The number of benzene rings is 2. The van der Waals surface area contributed by atoms with Crippen LogP contribution in [-0.4, -0.2) is 5.97 Å². The summed E-state index contributed by atoms with van der Waals surface area (Å²) in [5, 5.41) is 1.33. The third kappa shape index (κ3) is 2.38. The second-order valence-corrected chi connectivity index (χ2v) is 7.35. The molecule has 124 valence electrons. The first-order chi connectivity index (χ1) is 11.6. The van der Waals surface area contributed by atoms with Crippen molar-refractivity contribution in [3.63, 3.8) is 0 Å². The van der Waals surface area contributed by atoms with E-state index in [4.69, 9.17) is 4.74 Å². The molecule has 0 amide bonds. The number of esters is 1. The lowest BCUT2D eigenvalue weighted by Gasteiger charge is -2.10. The van der Waals surface area contributed by atoms with Gasteiger partial charge in [-0.2, -0.15) is 0 Å². The first-order valence-electron chi connectivity index (χ1n) is 8.08. The van der Waals surface area contributed by atoms with Gasteiger partial charge in [0, 0.05) is 10.8 Å². The summed E-state index contributed by atoms with van der Waals surface area (Å²) in [6, 6.07) is 6.66. The molecular weight excluding hydrogens is 330 g/mol. The van der Waals surface area contributed by atoms with E-state index in [9.17, 15) is 13.6 Å². The minimum Gasteiger partial charge on any atom is -0.423 e. The van der Waals surface area contributed by atoms with E-state index in [1.165, 1.54) is 6.07 Å². The van der Waals surface area contributed by atoms with Gasteiger partial charge < -0.3 is 4.74 Å². The lowest BCUT2D eigenvalue weighted by molar-refractivity contribution is -0.138. The number of ether oxygens (including phenoxy) is 1. The SMILES string of the molecule is Cc1ccc2c(sc3c(F)c(OC(=O)C4CCCC4)ccc32)c1F. The zero-order valence-electron chi connectivity index (χ0n) is 13.2. The fraction of sp³-hybridized carbons (Fsp3) is 0.316. The van der Waals surface area contributed by atoms with Gasteiger partial charge in [-0.1, -0.05) is 25.0 Å². The molecule has 1 aliphatic carbocycles. The molecule has 24 heavy (non-hydrogen) atoms. The molecule has 0 atom stereocenters. The maximum atomic E-state index is 14.8. The van der Waals surface area contributed by atoms with Crippen molar-refractivity contribution in [1.82, 2.24) is 0 Å². The summed E-state index contributed by atoms with van der Waals surface area (Å²) in [6.45, 7) is 1.68. The summed E-state index contributed by atoms with van der Waals surface area (Å²) >= 11 is 1.06. The highest BCUT2D eigenvalue weighted by atomic mass is 32.1. The molecule has 0 N–H and O–H groups in total. The van der Waals surface area contributed by atoms with Crippen LogP contribution in [0.2, 0.25) is 0 Å². The Balaban J connectivity index is 1.78. The maximum Gasteiger partial charge on any atom is 0.314 e. The summed E-state index contributed by atoms with van der Waals surface area (Å²) in [4.78, 5) is 12.1. The topological polar surface area (TPSA) is 26.3 Å². The fourth-order valence-electron chi connectivity index (χ4n) is 3.35. The molecule has 0 unspecified atom stereocenters. The smallest absolute Gasteiger partial charge is 0.314 e. The lowest BCUT2D eigenvalue weighted by atomic mass is 10.1. The number of fused-ring (bicyclic) bond motifs is 3. The molecule has 0 aliphatic heterocycles. The highest BCUT2D eigenvalue weighted by molar-refractivity contribution is 7.25. The molecule has 1 heterocycles. The Bertz CT molecular complexity index is 955. The Morgan fingerprint density at radius 3 is 2.38 bits per heavy atom. The molecule has 1 saturated carbocycles. The van der Waals surface area contributed by atoms with Crippen LogP contribution in [0.5, 0.6) is 5.75 Å². The van der Waals surface area contributed by atoms with E-state index in [2.05, 4.69) is 0 Å². The van der Waals surface area contributed by atoms with Crippen LogP contribution in [0, 0.1) is 24.5 Å². The summed E-state index contributed by atoms with van der Waals surface area (Å²) in [6.07, 6.45) is 3.62. The zero-order valence-corrected chi connectivity index (χ0v) is 14.0. The highest BCUT2D eigenvalue weighted by Gasteiger charge is 2.26. The summed E-state index contributed by atoms with van der Waals surface area (Å²) < 4.78 is 35.1. The van der Waals surface area contributed by atoms with Crippen molar-refractivity contribution >= 4 is 37.5 Å². The molecule has 1 fully saturated rings. The van der Waals surface area contributed by atoms with Crippen LogP contribution in [0.25, 0.3) is 20.2 Å². The molecule has 2 nitrogen and oxygen atoms in total. The fourth-order valence-corrected chi connectivity index (χ4v) is 4.57. The van der Waals surface area contributed by atoms with Crippen LogP contribution in [0.3, 0.4) is 0 Å². The van der Waals surface area contributed by atoms with E-state index in [0.29, 0.717) is 25.7 Å². The van der Waals surface area contributed by atoms with Gasteiger partial charge in [-0.3, -0.25) is 4.79 Å². The first-order valence-corrected chi connectivity index (χ1v) is 8.89. The number of rotatable bonds is 2. The molecule has 0 radical (unpaired) electrons. The van der Waals surface area contributed by atoms with Crippen LogP contribution in [0.4, 0.5) is 8.78 Å². The maximum absolute atomic E-state index is 14.8. The van der Waals surface area contributed by atoms with E-state index in [1.807, 2.05) is 0 Å². The van der Waals surface area contributed by atoms with Gasteiger partial charge in [0.2, 0.25) is 0 Å². The van der Waals surface area contributed by atoms with E-state index in [0.717, 1.165) is 37.0 Å². The lowest BCUT2D eigenvalue weighted by Crippen LogP contribution is -2.18. The molecule has 5 heteroatoms. The predicted octanol–water partition coefficient (Wildman–Crippen LogP) is 5.74. The first kappa shape index (κ1) is 15.5. The van der Waals surface area contributed by atoms with Crippen LogP contribution >= 0.6 is 11.3 Å². The number of hydrogen-bond donors (Lipinski definition) is 0. The minimum absolute atomic E-state index is 0.0666. The van der Waals surface area contributed by atoms with Crippen molar-refractivity contribution in [2.75, 3.05) is 0 Å². The van der Waals surface area contributed by atoms with Crippen molar-refractivity contribution in [3.8, 4) is 5.75 Å². The third-order valence-corrected chi connectivity index (χ3v) is 5.95. The highest BCUT2D eigenvalue weighted by Crippen LogP contribution is 2.40. The van der Waals surface area contributed by atoms with Crippen LogP contribution < -0.4 is 4.74 Å². The number of hydrogen-bond acceptors (Lipinski definition) is 3. The van der Waals surface area contributed by atoms with Crippen molar-refractivity contribution in [2.45, 2.75) is 32.6 Å². The van der Waals surface area contributed by atoms with E-state index >= 15 is 0 Å². The normalized spacial score (nSPS) is 15.5. The van der Waals surface area contributed by atoms with Crippen LogP contribution in [0.1, 0.15) is 31.2 Å². The molecule has 4 rings (SSSR count). The van der Waals surface area contributed by atoms with Gasteiger partial charge in [-0.05, 0) is 37.5 Å². The Morgan fingerprint density at radius 2 is 1.67 bits per heavy atom. The van der Waals surface area contributed by atoms with Gasteiger partial charge in [0.1, 0.15) is 5.82 Å². The number of aryl methyl sites for hydroxylation is 1. The van der Waals surface area contributed by atoms with Crippen molar-refractivity contribution in [3.05, 3.63) is 41.5 Å². The number of carbonyl (C=O) groups excluding carboxylic acids is 1. The monoisotopic (exact) mass is 346 g/mol. The Hall–Kier alpha value is -2.01. The van der Waals surface area contributed by atoms with Crippen molar-refractivity contribution < 1.29 is 18.3 Å². The number of halogens is 2. The van der Waals surface area contributed by atoms with E-state index in [1.54, 1.807) is 25.1 Å². The average Bonchev–Trinajstić information content (AvgIpc) is 3.21. The third-order valence-electron chi connectivity index (χ3n) is 4.75. The quantitative estimate of drug-likeness (QED) is 0.437. The standard InChI is InChI=1S/C19H16F2O2S/c1-10-6-7-12-13-8-9-14(23-19(22)11-4-2-3-5-11)16(21)18(13)24-17(12)15(10)20/h6-9,11H,2-5H2,1H3. The molecule has 2 aromatic carbocycles.